The maximum atomic E-state index is 12.3. The molecule has 0 aromatic heterocycles. The normalized spacial score (nSPS) is 16.7. The van der Waals surface area contributed by atoms with E-state index in [9.17, 15) is 8.42 Å². The molecule has 6 nitrogen and oxygen atoms in total. The average molecular weight is 310 g/mol. The van der Waals surface area contributed by atoms with Gasteiger partial charge in [-0.15, -0.1) is 0 Å². The molecular weight excluding hydrogens is 292 g/mol. The molecule has 7 heteroatoms. The molecular formula is C14H18N2O4S. The van der Waals surface area contributed by atoms with Crippen LogP contribution in [0.5, 0.6) is 11.5 Å². The van der Waals surface area contributed by atoms with Crippen LogP contribution < -0.4 is 9.47 Å². The van der Waals surface area contributed by atoms with E-state index in [0.29, 0.717) is 24.5 Å². The Morgan fingerprint density at radius 1 is 1.24 bits per heavy atom. The van der Waals surface area contributed by atoms with E-state index < -0.39 is 15.3 Å². The first-order valence-electron chi connectivity index (χ1n) is 6.56. The molecule has 0 saturated heterocycles. The minimum absolute atomic E-state index is 0.254. The summed E-state index contributed by atoms with van der Waals surface area (Å²) < 4.78 is 36.4. The largest absolute Gasteiger partial charge is 0.493 e. The number of nitrogens with zero attached hydrogens (tertiary/aromatic N) is 2. The van der Waals surface area contributed by atoms with E-state index in [1.165, 1.54) is 11.2 Å². The van der Waals surface area contributed by atoms with Crippen LogP contribution in [-0.4, -0.2) is 38.7 Å². The minimum Gasteiger partial charge on any atom is -0.493 e. The fraction of sp³-hybridized carbons (Fsp3) is 0.500. The van der Waals surface area contributed by atoms with Gasteiger partial charge in [-0.25, -0.2) is 8.42 Å². The van der Waals surface area contributed by atoms with Gasteiger partial charge in [-0.1, -0.05) is 0 Å². The SMILES string of the molecule is COc1cc2c(cc1OC)CN(S(=O)(=O)C(C)C#N)CC2. The van der Waals surface area contributed by atoms with Crippen molar-refractivity contribution in [3.8, 4) is 17.6 Å². The van der Waals surface area contributed by atoms with Crippen molar-refractivity contribution in [2.45, 2.75) is 25.1 Å². The lowest BCUT2D eigenvalue weighted by molar-refractivity contribution is 0.348. The van der Waals surface area contributed by atoms with Crippen LogP contribution in [0.3, 0.4) is 0 Å². The predicted molar refractivity (Wildman–Crippen MR) is 77.7 cm³/mol. The predicted octanol–water partition coefficient (Wildman–Crippen LogP) is 1.30. The van der Waals surface area contributed by atoms with Gasteiger partial charge in [0.15, 0.2) is 16.7 Å². The zero-order valence-electron chi connectivity index (χ0n) is 12.3. The van der Waals surface area contributed by atoms with E-state index in [2.05, 4.69) is 0 Å². The molecule has 0 fully saturated rings. The summed E-state index contributed by atoms with van der Waals surface area (Å²) in [6.07, 6.45) is 0.590. The molecule has 0 bridgehead atoms. The molecule has 0 saturated carbocycles. The molecule has 1 aliphatic heterocycles. The van der Waals surface area contributed by atoms with E-state index in [0.717, 1.165) is 11.1 Å². The third-order valence-corrected chi connectivity index (χ3v) is 5.70. The van der Waals surface area contributed by atoms with Crippen LogP contribution in [0, 0.1) is 11.3 Å². The number of ether oxygens (including phenoxy) is 2. The first-order chi connectivity index (χ1) is 9.93. The molecule has 1 atom stereocenters. The highest BCUT2D eigenvalue weighted by molar-refractivity contribution is 7.89. The van der Waals surface area contributed by atoms with Gasteiger partial charge in [0.2, 0.25) is 10.0 Å². The molecule has 21 heavy (non-hydrogen) atoms. The third-order valence-electron chi connectivity index (χ3n) is 3.67. The van der Waals surface area contributed by atoms with Crippen LogP contribution in [0.1, 0.15) is 18.1 Å². The van der Waals surface area contributed by atoms with E-state index in [4.69, 9.17) is 14.7 Å². The van der Waals surface area contributed by atoms with Gasteiger partial charge in [0, 0.05) is 13.1 Å². The smallest absolute Gasteiger partial charge is 0.230 e. The van der Waals surface area contributed by atoms with Crippen molar-refractivity contribution in [3.63, 3.8) is 0 Å². The summed E-state index contributed by atoms with van der Waals surface area (Å²) >= 11 is 0. The van der Waals surface area contributed by atoms with E-state index in [-0.39, 0.29) is 6.54 Å². The van der Waals surface area contributed by atoms with E-state index in [1.54, 1.807) is 26.4 Å². The van der Waals surface area contributed by atoms with Gasteiger partial charge in [0.05, 0.1) is 20.3 Å². The molecule has 0 aliphatic carbocycles. The molecule has 1 unspecified atom stereocenters. The highest BCUT2D eigenvalue weighted by atomic mass is 32.2. The van der Waals surface area contributed by atoms with E-state index >= 15 is 0 Å². The first kappa shape index (κ1) is 15.6. The minimum atomic E-state index is -3.59. The van der Waals surface area contributed by atoms with Gasteiger partial charge >= 0.3 is 0 Å². The number of fused-ring (bicyclic) bond motifs is 1. The lowest BCUT2D eigenvalue weighted by Gasteiger charge is -2.29. The van der Waals surface area contributed by atoms with Gasteiger partial charge in [-0.3, -0.25) is 0 Å². The molecule has 0 amide bonds. The summed E-state index contributed by atoms with van der Waals surface area (Å²) in [4.78, 5) is 0. The fourth-order valence-electron chi connectivity index (χ4n) is 2.36. The van der Waals surface area contributed by atoms with Crippen LogP contribution >= 0.6 is 0 Å². The van der Waals surface area contributed by atoms with Gasteiger partial charge in [-0.2, -0.15) is 9.57 Å². The molecule has 1 heterocycles. The standard InChI is InChI=1S/C14H18N2O4S/c1-10(8-15)21(17,18)16-5-4-11-6-13(19-2)14(20-3)7-12(11)9-16/h6-7,10H,4-5,9H2,1-3H3. The van der Waals surface area contributed by atoms with Gasteiger partial charge in [-0.05, 0) is 36.6 Å². The maximum absolute atomic E-state index is 12.3. The lowest BCUT2D eigenvalue weighted by atomic mass is 10.0. The Bertz CT molecular complexity index is 679. The number of nitriles is 1. The molecule has 2 rings (SSSR count). The van der Waals surface area contributed by atoms with Crippen molar-refractivity contribution in [3.05, 3.63) is 23.3 Å². The van der Waals surface area contributed by atoms with Gasteiger partial charge in [0.25, 0.3) is 0 Å². The summed E-state index contributed by atoms with van der Waals surface area (Å²) in [5.41, 5.74) is 1.93. The Kier molecular flexibility index (Phi) is 4.40. The zero-order valence-corrected chi connectivity index (χ0v) is 13.1. The first-order valence-corrected chi connectivity index (χ1v) is 8.06. The van der Waals surface area contributed by atoms with Crippen LogP contribution in [-0.2, 0) is 23.0 Å². The van der Waals surface area contributed by atoms with Crippen molar-refractivity contribution in [1.82, 2.24) is 4.31 Å². The Morgan fingerprint density at radius 3 is 2.33 bits per heavy atom. The summed E-state index contributed by atoms with van der Waals surface area (Å²) in [7, 11) is -0.481. The fourth-order valence-corrected chi connectivity index (χ4v) is 3.61. The molecule has 0 spiro atoms. The molecule has 1 aromatic carbocycles. The number of methoxy groups -OCH3 is 2. The third kappa shape index (κ3) is 2.82. The Morgan fingerprint density at radius 2 is 1.81 bits per heavy atom. The zero-order chi connectivity index (χ0) is 15.6. The highest BCUT2D eigenvalue weighted by Crippen LogP contribution is 2.34. The molecule has 1 aliphatic rings. The van der Waals surface area contributed by atoms with Gasteiger partial charge < -0.3 is 9.47 Å². The summed E-state index contributed by atoms with van der Waals surface area (Å²) in [6, 6.07) is 5.47. The van der Waals surface area contributed by atoms with Crippen molar-refractivity contribution in [2.24, 2.45) is 0 Å². The molecule has 114 valence electrons. The summed E-state index contributed by atoms with van der Waals surface area (Å²) in [6.45, 7) is 2.03. The number of benzene rings is 1. The van der Waals surface area contributed by atoms with Crippen LogP contribution in [0.4, 0.5) is 0 Å². The maximum Gasteiger partial charge on any atom is 0.230 e. The Balaban J connectivity index is 2.35. The van der Waals surface area contributed by atoms with Crippen molar-refractivity contribution in [2.75, 3.05) is 20.8 Å². The van der Waals surface area contributed by atoms with Crippen molar-refractivity contribution in [1.29, 1.82) is 5.26 Å². The molecule has 0 N–H and O–H groups in total. The second kappa shape index (κ2) is 5.92. The lowest BCUT2D eigenvalue weighted by Crippen LogP contribution is -2.40. The Labute approximate surface area is 124 Å². The molecule has 0 radical (unpaired) electrons. The second-order valence-electron chi connectivity index (χ2n) is 4.88. The summed E-state index contributed by atoms with van der Waals surface area (Å²) in [5.74, 6) is 1.21. The number of hydrogen-bond acceptors (Lipinski definition) is 5. The van der Waals surface area contributed by atoms with E-state index in [1.807, 2.05) is 6.07 Å². The second-order valence-corrected chi connectivity index (χ2v) is 7.13. The number of sulfonamides is 1. The van der Waals surface area contributed by atoms with Crippen molar-refractivity contribution >= 4 is 10.0 Å². The quantitative estimate of drug-likeness (QED) is 0.837. The number of rotatable bonds is 4. The average Bonchev–Trinajstić information content (AvgIpc) is 2.51. The highest BCUT2D eigenvalue weighted by Gasteiger charge is 2.32. The number of hydrogen-bond donors (Lipinski definition) is 0. The van der Waals surface area contributed by atoms with Crippen LogP contribution in [0.2, 0.25) is 0 Å². The van der Waals surface area contributed by atoms with Crippen molar-refractivity contribution < 1.29 is 17.9 Å². The van der Waals surface area contributed by atoms with Gasteiger partial charge in [0.1, 0.15) is 0 Å². The topological polar surface area (TPSA) is 79.6 Å². The monoisotopic (exact) mass is 310 g/mol. The Hall–Kier alpha value is -1.78. The van der Waals surface area contributed by atoms with Crippen LogP contribution in [0.15, 0.2) is 12.1 Å². The van der Waals surface area contributed by atoms with Crippen LogP contribution in [0.25, 0.3) is 0 Å². The molecule has 1 aromatic rings. The summed E-state index contributed by atoms with van der Waals surface area (Å²) in [5, 5.41) is 7.81.